The number of nitrogen functional groups attached to an aromatic ring is 1. The van der Waals surface area contributed by atoms with Gasteiger partial charge in [0.1, 0.15) is 11.5 Å². The molecule has 0 aliphatic heterocycles. The molecule has 2 heterocycles. The fourth-order valence-electron chi connectivity index (χ4n) is 0.861. The van der Waals surface area contributed by atoms with Crippen LogP contribution in [0.3, 0.4) is 0 Å². The molecule has 2 rings (SSSR count). The van der Waals surface area contributed by atoms with Gasteiger partial charge in [-0.15, -0.1) is 0 Å². The Labute approximate surface area is 81.1 Å². The van der Waals surface area contributed by atoms with E-state index in [9.17, 15) is 0 Å². The summed E-state index contributed by atoms with van der Waals surface area (Å²) in [5.41, 5.74) is 7.14. The number of aromatic amines is 1. The van der Waals surface area contributed by atoms with Crippen molar-refractivity contribution in [3.8, 4) is 11.4 Å². The molecule has 0 aliphatic rings. The van der Waals surface area contributed by atoms with Crippen LogP contribution in [0.5, 0.6) is 0 Å². The third kappa shape index (κ3) is 1.23. The normalized spacial score (nSPS) is 10.4. The van der Waals surface area contributed by atoms with Crippen molar-refractivity contribution in [2.75, 3.05) is 5.73 Å². The molecule has 4 nitrogen and oxygen atoms in total. The second-order valence-electron chi connectivity index (χ2n) is 2.22. The highest BCUT2D eigenvalue weighted by molar-refractivity contribution is 9.10. The van der Waals surface area contributed by atoms with E-state index in [-0.39, 0.29) is 0 Å². The number of nitrogens with one attached hydrogen (secondary N) is 1. The van der Waals surface area contributed by atoms with E-state index in [1.165, 1.54) is 11.5 Å². The van der Waals surface area contributed by atoms with E-state index in [4.69, 9.17) is 5.73 Å². The van der Waals surface area contributed by atoms with Gasteiger partial charge in [-0.1, -0.05) is 0 Å². The molecule has 3 N–H and O–H groups in total. The third-order valence-electron chi connectivity index (χ3n) is 1.38. The fourth-order valence-corrected chi connectivity index (χ4v) is 2.09. The molecule has 0 saturated carbocycles. The topological polar surface area (TPSA) is 67.6 Å². The molecule has 2 aromatic rings. The smallest absolute Gasteiger partial charge is 0.145 e. The van der Waals surface area contributed by atoms with Gasteiger partial charge < -0.3 is 5.73 Å². The van der Waals surface area contributed by atoms with Crippen molar-refractivity contribution in [2.45, 2.75) is 0 Å². The zero-order chi connectivity index (χ0) is 8.55. The maximum absolute atomic E-state index is 5.45. The molecule has 0 aromatic carbocycles. The Kier molecular flexibility index (Phi) is 1.86. The molecule has 0 fully saturated rings. The summed E-state index contributed by atoms with van der Waals surface area (Å²) in [6.45, 7) is 0. The standard InChI is InChI=1S/C6H5BrN4S/c7-3-2-12-11-6(3)4-1-5(8)10-9-4/h1-2H,(H3,8,9,10). The van der Waals surface area contributed by atoms with Crippen molar-refractivity contribution in [2.24, 2.45) is 0 Å². The van der Waals surface area contributed by atoms with Crippen LogP contribution in [0.2, 0.25) is 0 Å². The predicted octanol–water partition coefficient (Wildman–Crippen LogP) is 1.88. The van der Waals surface area contributed by atoms with Gasteiger partial charge in [0.2, 0.25) is 0 Å². The molecule has 0 amide bonds. The summed E-state index contributed by atoms with van der Waals surface area (Å²) < 4.78 is 5.12. The second kappa shape index (κ2) is 2.87. The minimum absolute atomic E-state index is 0.477. The highest BCUT2D eigenvalue weighted by Gasteiger charge is 2.07. The van der Waals surface area contributed by atoms with Gasteiger partial charge in [-0.3, -0.25) is 5.10 Å². The first-order valence-corrected chi connectivity index (χ1v) is 4.81. The van der Waals surface area contributed by atoms with E-state index in [1.54, 1.807) is 6.07 Å². The average Bonchev–Trinajstić information content (AvgIpc) is 2.58. The van der Waals surface area contributed by atoms with Crippen molar-refractivity contribution >= 4 is 33.3 Å². The Balaban J connectivity index is 2.50. The molecule has 2 aromatic heterocycles. The maximum Gasteiger partial charge on any atom is 0.145 e. The molecule has 0 aliphatic carbocycles. The summed E-state index contributed by atoms with van der Waals surface area (Å²) >= 11 is 4.76. The number of nitrogens with zero attached hydrogens (tertiary/aromatic N) is 2. The van der Waals surface area contributed by atoms with Crippen molar-refractivity contribution in [1.29, 1.82) is 0 Å². The Morgan fingerprint density at radius 2 is 2.42 bits per heavy atom. The number of nitrogens with two attached hydrogens (primary N) is 1. The molecular formula is C6H5BrN4S. The molecule has 0 unspecified atom stereocenters. The van der Waals surface area contributed by atoms with E-state index in [0.29, 0.717) is 5.82 Å². The first kappa shape index (κ1) is 7.75. The first-order valence-electron chi connectivity index (χ1n) is 3.18. The van der Waals surface area contributed by atoms with E-state index in [1.807, 2.05) is 5.38 Å². The molecule has 12 heavy (non-hydrogen) atoms. The highest BCUT2D eigenvalue weighted by atomic mass is 79.9. The summed E-state index contributed by atoms with van der Waals surface area (Å²) in [7, 11) is 0. The number of H-pyrrole nitrogens is 1. The summed E-state index contributed by atoms with van der Waals surface area (Å²) in [4.78, 5) is 0. The molecule has 0 bridgehead atoms. The molecule has 0 radical (unpaired) electrons. The lowest BCUT2D eigenvalue weighted by molar-refractivity contribution is 1.10. The molecule has 6 heteroatoms. The van der Waals surface area contributed by atoms with Gasteiger partial charge in [0.25, 0.3) is 0 Å². The van der Waals surface area contributed by atoms with Crippen LogP contribution in [0, 0.1) is 0 Å². The van der Waals surface area contributed by atoms with Gasteiger partial charge in [0.05, 0.1) is 10.2 Å². The third-order valence-corrected chi connectivity index (χ3v) is 2.92. The molecule has 0 spiro atoms. The van der Waals surface area contributed by atoms with Crippen LogP contribution in [0.4, 0.5) is 5.82 Å². The summed E-state index contributed by atoms with van der Waals surface area (Å²) in [5.74, 6) is 0.477. The van der Waals surface area contributed by atoms with Crippen LogP contribution >= 0.6 is 27.5 Å². The van der Waals surface area contributed by atoms with Crippen molar-refractivity contribution in [1.82, 2.24) is 14.6 Å². The van der Waals surface area contributed by atoms with Crippen LogP contribution in [-0.2, 0) is 0 Å². The van der Waals surface area contributed by atoms with Crippen LogP contribution in [0.1, 0.15) is 0 Å². The van der Waals surface area contributed by atoms with E-state index < -0.39 is 0 Å². The highest BCUT2D eigenvalue weighted by Crippen LogP contribution is 2.27. The lowest BCUT2D eigenvalue weighted by Crippen LogP contribution is -1.81. The molecule has 0 saturated heterocycles. The van der Waals surface area contributed by atoms with Crippen LogP contribution < -0.4 is 5.73 Å². The number of aromatic nitrogens is 3. The second-order valence-corrected chi connectivity index (χ2v) is 3.70. The van der Waals surface area contributed by atoms with E-state index in [0.717, 1.165) is 15.9 Å². The van der Waals surface area contributed by atoms with Gasteiger partial charge in [-0.25, -0.2) is 0 Å². The zero-order valence-electron chi connectivity index (χ0n) is 5.91. The summed E-state index contributed by atoms with van der Waals surface area (Å²) in [5, 5.41) is 8.51. The number of anilines is 1. The SMILES string of the molecule is Nc1cc(-c2nscc2Br)[nH]n1. The lowest BCUT2D eigenvalue weighted by Gasteiger charge is -1.88. The van der Waals surface area contributed by atoms with Crippen molar-refractivity contribution < 1.29 is 0 Å². The van der Waals surface area contributed by atoms with Crippen LogP contribution in [-0.4, -0.2) is 14.6 Å². The summed E-state index contributed by atoms with van der Waals surface area (Å²) in [6, 6.07) is 1.75. The Hall–Kier alpha value is -0.880. The van der Waals surface area contributed by atoms with E-state index in [2.05, 4.69) is 30.5 Å². The summed E-state index contributed by atoms with van der Waals surface area (Å²) in [6.07, 6.45) is 0. The molecule has 0 atom stereocenters. The lowest BCUT2D eigenvalue weighted by atomic mass is 10.3. The van der Waals surface area contributed by atoms with Gasteiger partial charge in [-0.05, 0) is 27.5 Å². The Morgan fingerprint density at radius 3 is 2.92 bits per heavy atom. The van der Waals surface area contributed by atoms with Crippen LogP contribution in [0.25, 0.3) is 11.4 Å². The predicted molar refractivity (Wildman–Crippen MR) is 51.8 cm³/mol. The minimum Gasteiger partial charge on any atom is -0.382 e. The molecular weight excluding hydrogens is 240 g/mol. The van der Waals surface area contributed by atoms with Crippen molar-refractivity contribution in [3.63, 3.8) is 0 Å². The minimum atomic E-state index is 0.477. The van der Waals surface area contributed by atoms with Gasteiger partial charge in [-0.2, -0.15) is 9.47 Å². The fraction of sp³-hybridized carbons (Fsp3) is 0. The quantitative estimate of drug-likeness (QED) is 0.805. The van der Waals surface area contributed by atoms with Gasteiger partial charge in [0.15, 0.2) is 0 Å². The zero-order valence-corrected chi connectivity index (χ0v) is 8.32. The molecule has 62 valence electrons. The number of halogens is 1. The maximum atomic E-state index is 5.45. The number of hydrogen-bond acceptors (Lipinski definition) is 4. The van der Waals surface area contributed by atoms with Gasteiger partial charge >= 0.3 is 0 Å². The van der Waals surface area contributed by atoms with Crippen LogP contribution in [0.15, 0.2) is 15.9 Å². The Morgan fingerprint density at radius 1 is 1.58 bits per heavy atom. The number of hydrogen-bond donors (Lipinski definition) is 2. The van der Waals surface area contributed by atoms with Crippen molar-refractivity contribution in [3.05, 3.63) is 15.9 Å². The number of rotatable bonds is 1. The largest absolute Gasteiger partial charge is 0.382 e. The first-order chi connectivity index (χ1) is 5.77. The van der Waals surface area contributed by atoms with Gasteiger partial charge in [0, 0.05) is 11.4 Å². The van der Waals surface area contributed by atoms with E-state index >= 15 is 0 Å². The Bertz CT molecular complexity index is 394. The average molecular weight is 245 g/mol. The monoisotopic (exact) mass is 244 g/mol.